The van der Waals surface area contributed by atoms with Crippen molar-refractivity contribution in [3.05, 3.63) is 10.1 Å². The maximum Gasteiger partial charge on any atom is 0.258 e. The maximum absolute atomic E-state index is 10.5. The summed E-state index contributed by atoms with van der Waals surface area (Å²) in [6.07, 6.45) is 0. The molecule has 0 N–H and O–H groups in total. The highest BCUT2D eigenvalue weighted by atomic mass is 16.6. The van der Waals surface area contributed by atoms with E-state index in [4.69, 9.17) is 9.47 Å². The molecule has 0 aliphatic carbocycles. The minimum Gasteiger partial charge on any atom is -0.379 e. The third-order valence-electron chi connectivity index (χ3n) is 3.85. The van der Waals surface area contributed by atoms with Crippen LogP contribution in [0, 0.1) is 10.1 Å². The van der Waals surface area contributed by atoms with Gasteiger partial charge in [0.1, 0.15) is 19.6 Å². The van der Waals surface area contributed by atoms with Crippen molar-refractivity contribution in [3.8, 4) is 0 Å². The summed E-state index contributed by atoms with van der Waals surface area (Å²) < 4.78 is 11.1. The molecular formula is C13H28N3O4+. The molecule has 2 aliphatic heterocycles. The van der Waals surface area contributed by atoms with Crippen LogP contribution in [0.25, 0.3) is 0 Å². The molecule has 2 saturated heterocycles. The van der Waals surface area contributed by atoms with Crippen LogP contribution in [0.1, 0.15) is 6.92 Å². The number of likely N-dealkylation sites (N-methyl/N-ethyl adjacent to an activating group) is 2. The molecule has 2 fully saturated rings. The van der Waals surface area contributed by atoms with Crippen LogP contribution in [0.15, 0.2) is 0 Å². The Morgan fingerprint density at radius 3 is 2.10 bits per heavy atom. The molecule has 0 aromatic heterocycles. The van der Waals surface area contributed by atoms with Gasteiger partial charge in [-0.1, -0.05) is 0 Å². The first-order valence-corrected chi connectivity index (χ1v) is 7.24. The average Bonchev–Trinajstić information content (AvgIpc) is 2.40. The van der Waals surface area contributed by atoms with Gasteiger partial charge in [-0.05, 0) is 7.05 Å². The van der Waals surface area contributed by atoms with Gasteiger partial charge in [0.05, 0.1) is 33.5 Å². The van der Waals surface area contributed by atoms with Crippen molar-refractivity contribution in [1.29, 1.82) is 0 Å². The van der Waals surface area contributed by atoms with Gasteiger partial charge in [0.2, 0.25) is 0 Å². The average molecular weight is 290 g/mol. The number of nitro groups is 1. The lowest BCUT2D eigenvalue weighted by Crippen LogP contribution is -2.55. The zero-order valence-corrected chi connectivity index (χ0v) is 12.9. The second-order valence-corrected chi connectivity index (χ2v) is 5.91. The van der Waals surface area contributed by atoms with Crippen LogP contribution >= 0.6 is 0 Å². The first kappa shape index (κ1) is 17.3. The number of morpholine rings is 2. The molecule has 7 heteroatoms. The van der Waals surface area contributed by atoms with Crippen molar-refractivity contribution >= 4 is 0 Å². The molecule has 2 rings (SSSR count). The highest BCUT2D eigenvalue weighted by molar-refractivity contribution is 4.54. The molecule has 0 saturated carbocycles. The monoisotopic (exact) mass is 290 g/mol. The molecule has 0 radical (unpaired) electrons. The number of quaternary nitrogens is 1. The van der Waals surface area contributed by atoms with Gasteiger partial charge < -0.3 is 18.9 Å². The number of hydrogen-bond donors (Lipinski definition) is 0. The lowest BCUT2D eigenvalue weighted by Gasteiger charge is -2.37. The Hall–Kier alpha value is -0.760. The maximum atomic E-state index is 10.5. The van der Waals surface area contributed by atoms with Gasteiger partial charge in [0.15, 0.2) is 0 Å². The van der Waals surface area contributed by atoms with Crippen LogP contribution in [-0.2, 0) is 9.47 Å². The number of ether oxygens (including phenoxy) is 2. The molecule has 0 bridgehead atoms. The fourth-order valence-electron chi connectivity index (χ4n) is 2.33. The van der Waals surface area contributed by atoms with E-state index in [1.165, 1.54) is 0 Å². The molecule has 0 aromatic carbocycles. The van der Waals surface area contributed by atoms with Crippen molar-refractivity contribution in [3.63, 3.8) is 0 Å². The smallest absolute Gasteiger partial charge is 0.258 e. The lowest BCUT2D eigenvalue weighted by atomic mass is 10.2. The molecule has 20 heavy (non-hydrogen) atoms. The van der Waals surface area contributed by atoms with E-state index in [1.54, 1.807) is 6.92 Å². The van der Waals surface area contributed by atoms with Crippen LogP contribution < -0.4 is 0 Å². The van der Waals surface area contributed by atoms with Gasteiger partial charge in [-0.25, -0.2) is 0 Å². The van der Waals surface area contributed by atoms with Crippen molar-refractivity contribution < 1.29 is 18.9 Å². The fraction of sp³-hybridized carbons (Fsp3) is 1.00. The zero-order chi connectivity index (χ0) is 15.0. The molecule has 2 heterocycles. The van der Waals surface area contributed by atoms with E-state index in [9.17, 15) is 10.1 Å². The molecule has 7 nitrogen and oxygen atoms in total. The summed E-state index contributed by atoms with van der Waals surface area (Å²) in [5.41, 5.74) is 0. The van der Waals surface area contributed by atoms with Gasteiger partial charge in [-0.3, -0.25) is 10.1 Å². The Bertz CT molecular complexity index is 289. The Kier molecular flexibility index (Phi) is 7.36. The van der Waals surface area contributed by atoms with E-state index in [2.05, 4.69) is 19.0 Å². The molecule has 0 aromatic rings. The van der Waals surface area contributed by atoms with Crippen molar-refractivity contribution in [2.24, 2.45) is 0 Å². The Morgan fingerprint density at radius 2 is 1.70 bits per heavy atom. The van der Waals surface area contributed by atoms with Crippen molar-refractivity contribution in [2.75, 3.05) is 73.2 Å². The Balaban J connectivity index is 0.000000240. The molecule has 0 amide bonds. The summed E-state index contributed by atoms with van der Waals surface area (Å²) in [5.74, 6) is 0. The topological polar surface area (TPSA) is 64.8 Å². The largest absolute Gasteiger partial charge is 0.379 e. The molecular weight excluding hydrogens is 262 g/mol. The Labute approximate surface area is 121 Å². The van der Waals surface area contributed by atoms with Crippen LogP contribution in [-0.4, -0.2) is 93.6 Å². The van der Waals surface area contributed by atoms with Gasteiger partial charge in [0.25, 0.3) is 6.04 Å². The van der Waals surface area contributed by atoms with Gasteiger partial charge in [-0.15, -0.1) is 0 Å². The number of nitrogens with zero attached hydrogens (tertiary/aromatic N) is 3. The van der Waals surface area contributed by atoms with E-state index in [0.29, 0.717) is 6.54 Å². The minimum atomic E-state index is -0.455. The van der Waals surface area contributed by atoms with Gasteiger partial charge in [-0.2, -0.15) is 0 Å². The summed E-state index contributed by atoms with van der Waals surface area (Å²) in [7, 11) is 4.17. The Morgan fingerprint density at radius 1 is 1.20 bits per heavy atom. The standard InChI is InChI=1S/C8H17N2O3.C5H11NO/c1-8(9(11)12)7-10(2)3-5-13-6-4-10;1-6-2-4-7-5-3-6/h8H,3-7H2,1-2H3;2-5H2,1H3/q+1;. The van der Waals surface area contributed by atoms with E-state index in [1.807, 2.05) is 0 Å². The summed E-state index contributed by atoms with van der Waals surface area (Å²) >= 11 is 0. The molecule has 1 unspecified atom stereocenters. The van der Waals surface area contributed by atoms with Crippen LogP contribution in [0.4, 0.5) is 0 Å². The van der Waals surface area contributed by atoms with Gasteiger partial charge >= 0.3 is 0 Å². The summed E-state index contributed by atoms with van der Waals surface area (Å²) in [6.45, 7) is 9.51. The third-order valence-corrected chi connectivity index (χ3v) is 3.85. The summed E-state index contributed by atoms with van der Waals surface area (Å²) in [6, 6.07) is -0.455. The van der Waals surface area contributed by atoms with Crippen molar-refractivity contribution in [1.82, 2.24) is 4.90 Å². The number of rotatable bonds is 3. The van der Waals surface area contributed by atoms with E-state index < -0.39 is 6.04 Å². The van der Waals surface area contributed by atoms with Crippen LogP contribution in [0.5, 0.6) is 0 Å². The number of hydrogen-bond acceptors (Lipinski definition) is 5. The molecule has 118 valence electrons. The minimum absolute atomic E-state index is 0.209. The normalized spacial score (nSPS) is 24.4. The van der Waals surface area contributed by atoms with E-state index >= 15 is 0 Å². The highest BCUT2D eigenvalue weighted by Gasteiger charge is 2.31. The summed E-state index contributed by atoms with van der Waals surface area (Å²) in [4.78, 5) is 12.5. The highest BCUT2D eigenvalue weighted by Crippen LogP contribution is 2.09. The second-order valence-electron chi connectivity index (χ2n) is 5.91. The zero-order valence-electron chi connectivity index (χ0n) is 12.9. The molecule has 0 spiro atoms. The van der Waals surface area contributed by atoms with E-state index in [-0.39, 0.29) is 4.92 Å². The quantitative estimate of drug-likeness (QED) is 0.418. The SMILES string of the molecule is CC(C[N+]1(C)CCOCC1)[N+](=O)[O-].CN1CCOCC1. The fourth-order valence-corrected chi connectivity index (χ4v) is 2.33. The van der Waals surface area contributed by atoms with Crippen LogP contribution in [0.2, 0.25) is 0 Å². The second kappa shape index (κ2) is 8.51. The molecule has 2 aliphatic rings. The van der Waals surface area contributed by atoms with Gasteiger partial charge in [0, 0.05) is 24.9 Å². The summed E-state index contributed by atoms with van der Waals surface area (Å²) in [5, 5.41) is 10.5. The predicted octanol–water partition coefficient (Wildman–Crippen LogP) is 0.0768. The van der Waals surface area contributed by atoms with Crippen LogP contribution in [0.3, 0.4) is 0 Å². The van der Waals surface area contributed by atoms with Crippen molar-refractivity contribution in [2.45, 2.75) is 13.0 Å². The third kappa shape index (κ3) is 6.60. The molecule has 1 atom stereocenters. The first-order chi connectivity index (χ1) is 9.43. The van der Waals surface area contributed by atoms with E-state index in [0.717, 1.165) is 57.1 Å². The lowest BCUT2D eigenvalue weighted by molar-refractivity contribution is -0.926. The first-order valence-electron chi connectivity index (χ1n) is 7.24. The predicted molar refractivity (Wildman–Crippen MR) is 76.4 cm³/mol.